The van der Waals surface area contributed by atoms with E-state index in [-0.39, 0.29) is 11.9 Å². The lowest BCUT2D eigenvalue weighted by Gasteiger charge is -2.17. The van der Waals surface area contributed by atoms with E-state index < -0.39 is 11.7 Å². The van der Waals surface area contributed by atoms with Crippen LogP contribution in [0.25, 0.3) is 0 Å². The molecule has 16 heavy (non-hydrogen) atoms. The third-order valence-corrected chi connectivity index (χ3v) is 2.46. The van der Waals surface area contributed by atoms with Gasteiger partial charge >= 0.3 is 6.18 Å². The molecule has 0 saturated heterocycles. The molecule has 0 fully saturated rings. The summed E-state index contributed by atoms with van der Waals surface area (Å²) >= 11 is 0. The second kappa shape index (κ2) is 4.15. The minimum atomic E-state index is -4.36. The number of pyridine rings is 1. The van der Waals surface area contributed by atoms with Crippen LogP contribution in [0.3, 0.4) is 0 Å². The third kappa shape index (κ3) is 2.35. The van der Waals surface area contributed by atoms with E-state index in [9.17, 15) is 13.2 Å². The van der Waals surface area contributed by atoms with E-state index in [4.69, 9.17) is 0 Å². The summed E-state index contributed by atoms with van der Waals surface area (Å²) in [5, 5.41) is 2.82. The summed E-state index contributed by atoms with van der Waals surface area (Å²) in [6, 6.07) is 2.36. The van der Waals surface area contributed by atoms with E-state index in [2.05, 4.69) is 10.3 Å². The number of nitrogens with zero attached hydrogens (tertiary/aromatic N) is 1. The summed E-state index contributed by atoms with van der Waals surface area (Å²) < 4.78 is 37.9. The average molecular weight is 228 g/mol. The molecule has 0 radical (unpaired) electrons. The van der Waals surface area contributed by atoms with Gasteiger partial charge in [0.25, 0.3) is 0 Å². The van der Waals surface area contributed by atoms with E-state index >= 15 is 0 Å². The summed E-state index contributed by atoms with van der Waals surface area (Å²) in [6.45, 7) is 0. The van der Waals surface area contributed by atoms with E-state index in [1.807, 2.05) is 12.2 Å². The number of hydrogen-bond acceptors (Lipinski definition) is 2. The number of alkyl halides is 3. The SMILES string of the molecule is FC(F)(F)c1cccnc1NC1CC=CC1. The number of rotatable bonds is 2. The van der Waals surface area contributed by atoms with Gasteiger partial charge in [-0.15, -0.1) is 0 Å². The zero-order valence-corrected chi connectivity index (χ0v) is 8.46. The molecule has 0 aliphatic heterocycles. The molecule has 1 aliphatic rings. The zero-order chi connectivity index (χ0) is 11.6. The first-order valence-corrected chi connectivity index (χ1v) is 5.01. The van der Waals surface area contributed by atoms with Gasteiger partial charge in [0.15, 0.2) is 0 Å². The largest absolute Gasteiger partial charge is 0.419 e. The normalized spacial score (nSPS) is 16.7. The standard InChI is InChI=1S/C11H11F3N2/c12-11(13,14)9-6-3-7-15-10(9)16-8-4-1-2-5-8/h1-3,6-8H,4-5H2,(H,15,16). The molecule has 1 aliphatic carbocycles. The molecule has 2 nitrogen and oxygen atoms in total. The van der Waals surface area contributed by atoms with E-state index in [1.165, 1.54) is 12.3 Å². The molecule has 1 aromatic rings. The van der Waals surface area contributed by atoms with Gasteiger partial charge in [-0.3, -0.25) is 0 Å². The Labute approximate surface area is 91.2 Å². The lowest BCUT2D eigenvalue weighted by molar-refractivity contribution is -0.137. The van der Waals surface area contributed by atoms with Crippen LogP contribution in [0, 0.1) is 0 Å². The van der Waals surface area contributed by atoms with Gasteiger partial charge < -0.3 is 5.32 Å². The fourth-order valence-corrected chi connectivity index (χ4v) is 1.68. The van der Waals surface area contributed by atoms with Gasteiger partial charge in [0.05, 0.1) is 5.56 Å². The smallest absolute Gasteiger partial charge is 0.366 e. The van der Waals surface area contributed by atoms with Crippen molar-refractivity contribution in [1.29, 1.82) is 0 Å². The van der Waals surface area contributed by atoms with Gasteiger partial charge in [0, 0.05) is 12.2 Å². The van der Waals surface area contributed by atoms with Crippen LogP contribution in [0.5, 0.6) is 0 Å². The summed E-state index contributed by atoms with van der Waals surface area (Å²) in [5.41, 5.74) is -0.707. The summed E-state index contributed by atoms with van der Waals surface area (Å²) in [4.78, 5) is 3.75. The van der Waals surface area contributed by atoms with Crippen molar-refractivity contribution in [1.82, 2.24) is 4.98 Å². The topological polar surface area (TPSA) is 24.9 Å². The van der Waals surface area contributed by atoms with Crippen LogP contribution >= 0.6 is 0 Å². The zero-order valence-electron chi connectivity index (χ0n) is 8.46. The van der Waals surface area contributed by atoms with Crippen molar-refractivity contribution in [2.45, 2.75) is 25.1 Å². The molecule has 0 spiro atoms. The van der Waals surface area contributed by atoms with Crippen molar-refractivity contribution < 1.29 is 13.2 Å². The third-order valence-electron chi connectivity index (χ3n) is 2.46. The monoisotopic (exact) mass is 228 g/mol. The predicted octanol–water partition coefficient (Wildman–Crippen LogP) is 3.23. The van der Waals surface area contributed by atoms with Crippen molar-refractivity contribution in [3.05, 3.63) is 36.0 Å². The summed E-state index contributed by atoms with van der Waals surface area (Å²) in [6.07, 6.45) is 2.39. The Bertz CT molecular complexity index is 390. The van der Waals surface area contributed by atoms with Crippen LogP contribution in [0.15, 0.2) is 30.5 Å². The van der Waals surface area contributed by atoms with Gasteiger partial charge in [0.2, 0.25) is 0 Å². The van der Waals surface area contributed by atoms with Crippen LogP contribution in [0.1, 0.15) is 18.4 Å². The number of anilines is 1. The first-order valence-electron chi connectivity index (χ1n) is 5.01. The number of halogens is 3. The molecule has 86 valence electrons. The van der Waals surface area contributed by atoms with Crippen LogP contribution in [0.2, 0.25) is 0 Å². The van der Waals surface area contributed by atoms with Gasteiger partial charge in [-0.05, 0) is 25.0 Å². The van der Waals surface area contributed by atoms with Crippen LogP contribution in [-0.4, -0.2) is 11.0 Å². The number of aromatic nitrogens is 1. The second-order valence-corrected chi connectivity index (χ2v) is 3.68. The van der Waals surface area contributed by atoms with Crippen molar-refractivity contribution in [3.8, 4) is 0 Å². The molecular formula is C11H11F3N2. The van der Waals surface area contributed by atoms with Crippen molar-refractivity contribution >= 4 is 5.82 Å². The Kier molecular flexibility index (Phi) is 2.85. The molecule has 0 amide bonds. The van der Waals surface area contributed by atoms with E-state index in [0.29, 0.717) is 0 Å². The Morgan fingerprint density at radius 2 is 1.94 bits per heavy atom. The van der Waals surface area contributed by atoms with Gasteiger partial charge in [-0.25, -0.2) is 4.98 Å². The van der Waals surface area contributed by atoms with Crippen LogP contribution < -0.4 is 5.32 Å². The maximum Gasteiger partial charge on any atom is 0.419 e. The maximum atomic E-state index is 12.6. The Balaban J connectivity index is 2.19. The molecule has 1 aromatic heterocycles. The number of hydrogen-bond donors (Lipinski definition) is 1. The van der Waals surface area contributed by atoms with E-state index in [1.54, 1.807) is 0 Å². The Morgan fingerprint density at radius 1 is 1.25 bits per heavy atom. The molecule has 0 unspecified atom stereocenters. The highest BCUT2D eigenvalue weighted by atomic mass is 19.4. The maximum absolute atomic E-state index is 12.6. The van der Waals surface area contributed by atoms with Gasteiger partial charge in [0.1, 0.15) is 5.82 Å². The van der Waals surface area contributed by atoms with Crippen molar-refractivity contribution in [2.75, 3.05) is 5.32 Å². The van der Waals surface area contributed by atoms with Gasteiger partial charge in [-0.2, -0.15) is 13.2 Å². The quantitative estimate of drug-likeness (QED) is 0.786. The summed E-state index contributed by atoms with van der Waals surface area (Å²) in [5.74, 6) is -0.0799. The number of nitrogens with one attached hydrogen (secondary N) is 1. The molecule has 0 aromatic carbocycles. The average Bonchev–Trinajstić information content (AvgIpc) is 2.70. The van der Waals surface area contributed by atoms with E-state index in [0.717, 1.165) is 18.9 Å². The lowest BCUT2D eigenvalue weighted by Crippen LogP contribution is -2.19. The highest BCUT2D eigenvalue weighted by molar-refractivity contribution is 5.46. The Morgan fingerprint density at radius 3 is 2.56 bits per heavy atom. The molecule has 0 bridgehead atoms. The molecule has 1 heterocycles. The minimum Gasteiger partial charge on any atom is -0.366 e. The molecular weight excluding hydrogens is 217 g/mol. The first-order chi connectivity index (χ1) is 7.57. The second-order valence-electron chi connectivity index (χ2n) is 3.68. The van der Waals surface area contributed by atoms with Crippen molar-refractivity contribution in [2.24, 2.45) is 0 Å². The van der Waals surface area contributed by atoms with Gasteiger partial charge in [-0.1, -0.05) is 12.2 Å². The minimum absolute atomic E-state index is 0.0241. The fraction of sp³-hybridized carbons (Fsp3) is 0.364. The fourth-order valence-electron chi connectivity index (χ4n) is 1.68. The lowest BCUT2D eigenvalue weighted by atomic mass is 10.2. The molecule has 0 saturated carbocycles. The molecule has 2 rings (SSSR count). The van der Waals surface area contributed by atoms with Crippen LogP contribution in [-0.2, 0) is 6.18 Å². The molecule has 5 heteroatoms. The first kappa shape index (κ1) is 11.0. The summed E-state index contributed by atoms with van der Waals surface area (Å²) in [7, 11) is 0. The predicted molar refractivity (Wildman–Crippen MR) is 55.0 cm³/mol. The molecule has 1 N–H and O–H groups in total. The van der Waals surface area contributed by atoms with Crippen LogP contribution in [0.4, 0.5) is 19.0 Å². The highest BCUT2D eigenvalue weighted by Gasteiger charge is 2.34. The van der Waals surface area contributed by atoms with Crippen molar-refractivity contribution in [3.63, 3.8) is 0 Å². The Hall–Kier alpha value is -1.52. The molecule has 0 atom stereocenters. The highest BCUT2D eigenvalue weighted by Crippen LogP contribution is 2.34.